The van der Waals surface area contributed by atoms with E-state index in [-0.39, 0.29) is 18.1 Å². The molecule has 0 aromatic heterocycles. The highest BCUT2D eigenvalue weighted by molar-refractivity contribution is 5.74. The summed E-state index contributed by atoms with van der Waals surface area (Å²) in [7, 11) is 0. The fourth-order valence-corrected chi connectivity index (χ4v) is 1.96. The largest absolute Gasteiger partial charge is 0.486 e. The summed E-state index contributed by atoms with van der Waals surface area (Å²) in [6.07, 6.45) is -0.799. The van der Waals surface area contributed by atoms with Gasteiger partial charge in [0.1, 0.15) is 13.2 Å². The first-order chi connectivity index (χ1) is 9.85. The van der Waals surface area contributed by atoms with Crippen molar-refractivity contribution in [2.24, 2.45) is 0 Å². The SMILES string of the molecule is CC(C)(C)NC(=O)NCC(O)c1ccc2c(c1)OCCO2. The molecule has 0 spiro atoms. The summed E-state index contributed by atoms with van der Waals surface area (Å²) in [5.74, 6) is 1.30. The quantitative estimate of drug-likeness (QED) is 0.791. The molecule has 6 heteroatoms. The van der Waals surface area contributed by atoms with Crippen LogP contribution in [0.3, 0.4) is 0 Å². The third-order valence-corrected chi connectivity index (χ3v) is 2.90. The second-order valence-electron chi connectivity index (χ2n) is 6.00. The number of hydrogen-bond donors (Lipinski definition) is 3. The molecule has 1 aromatic rings. The summed E-state index contributed by atoms with van der Waals surface area (Å²) < 4.78 is 10.9. The molecule has 6 nitrogen and oxygen atoms in total. The van der Waals surface area contributed by atoms with Crippen LogP contribution < -0.4 is 20.1 Å². The molecule has 1 aliphatic heterocycles. The number of aliphatic hydroxyl groups is 1. The van der Waals surface area contributed by atoms with E-state index in [0.717, 1.165) is 0 Å². The van der Waals surface area contributed by atoms with Gasteiger partial charge in [-0.3, -0.25) is 0 Å². The number of aliphatic hydroxyl groups excluding tert-OH is 1. The average Bonchev–Trinajstić information content (AvgIpc) is 2.42. The predicted octanol–water partition coefficient (Wildman–Crippen LogP) is 1.59. The zero-order valence-corrected chi connectivity index (χ0v) is 12.6. The van der Waals surface area contributed by atoms with Crippen LogP contribution in [0.5, 0.6) is 11.5 Å². The van der Waals surface area contributed by atoms with Crippen LogP contribution in [0, 0.1) is 0 Å². The van der Waals surface area contributed by atoms with Crippen LogP contribution in [0.4, 0.5) is 4.79 Å². The van der Waals surface area contributed by atoms with Crippen LogP contribution in [-0.4, -0.2) is 36.4 Å². The van der Waals surface area contributed by atoms with E-state index >= 15 is 0 Å². The summed E-state index contributed by atoms with van der Waals surface area (Å²) >= 11 is 0. The van der Waals surface area contributed by atoms with Gasteiger partial charge in [0.15, 0.2) is 11.5 Å². The van der Waals surface area contributed by atoms with E-state index in [1.807, 2.05) is 20.8 Å². The highest BCUT2D eigenvalue weighted by atomic mass is 16.6. The van der Waals surface area contributed by atoms with Crippen LogP contribution in [0.1, 0.15) is 32.4 Å². The van der Waals surface area contributed by atoms with Crippen molar-refractivity contribution in [2.45, 2.75) is 32.4 Å². The van der Waals surface area contributed by atoms with Gasteiger partial charge < -0.3 is 25.2 Å². The third-order valence-electron chi connectivity index (χ3n) is 2.90. The topological polar surface area (TPSA) is 79.8 Å². The fourth-order valence-electron chi connectivity index (χ4n) is 1.96. The van der Waals surface area contributed by atoms with Crippen molar-refractivity contribution in [3.8, 4) is 11.5 Å². The van der Waals surface area contributed by atoms with E-state index in [4.69, 9.17) is 9.47 Å². The van der Waals surface area contributed by atoms with Crippen LogP contribution in [0.15, 0.2) is 18.2 Å². The molecule has 1 unspecified atom stereocenters. The predicted molar refractivity (Wildman–Crippen MR) is 78.7 cm³/mol. The number of amides is 2. The lowest BCUT2D eigenvalue weighted by molar-refractivity contribution is 0.162. The molecule has 116 valence electrons. The Morgan fingerprint density at radius 3 is 2.62 bits per heavy atom. The number of benzene rings is 1. The van der Waals surface area contributed by atoms with Gasteiger partial charge in [0, 0.05) is 12.1 Å². The van der Waals surface area contributed by atoms with Crippen LogP contribution in [0.25, 0.3) is 0 Å². The minimum atomic E-state index is -0.799. The normalized spacial score (nSPS) is 15.2. The fraction of sp³-hybridized carbons (Fsp3) is 0.533. The Hall–Kier alpha value is -1.95. The first kappa shape index (κ1) is 15.4. The van der Waals surface area contributed by atoms with Gasteiger partial charge in [-0.15, -0.1) is 0 Å². The molecular formula is C15H22N2O4. The maximum absolute atomic E-state index is 11.6. The van der Waals surface area contributed by atoms with Crippen molar-refractivity contribution < 1.29 is 19.4 Å². The molecule has 1 atom stereocenters. The summed E-state index contributed by atoms with van der Waals surface area (Å²) in [5, 5.41) is 15.5. The molecule has 2 amide bonds. The molecular weight excluding hydrogens is 272 g/mol. The number of hydrogen-bond acceptors (Lipinski definition) is 4. The monoisotopic (exact) mass is 294 g/mol. The van der Waals surface area contributed by atoms with E-state index in [0.29, 0.717) is 30.3 Å². The van der Waals surface area contributed by atoms with Gasteiger partial charge in [-0.05, 0) is 38.5 Å². The first-order valence-electron chi connectivity index (χ1n) is 6.99. The number of fused-ring (bicyclic) bond motifs is 1. The van der Waals surface area contributed by atoms with E-state index < -0.39 is 6.10 Å². The molecule has 1 heterocycles. The first-order valence-corrected chi connectivity index (χ1v) is 6.99. The van der Waals surface area contributed by atoms with Crippen molar-refractivity contribution in [2.75, 3.05) is 19.8 Å². The van der Waals surface area contributed by atoms with Crippen molar-refractivity contribution in [3.05, 3.63) is 23.8 Å². The van der Waals surface area contributed by atoms with Crippen LogP contribution in [0.2, 0.25) is 0 Å². The molecule has 0 saturated carbocycles. The smallest absolute Gasteiger partial charge is 0.315 e. The number of carbonyl (C=O) groups is 1. The lowest BCUT2D eigenvalue weighted by Crippen LogP contribution is -2.47. The number of ether oxygens (including phenoxy) is 2. The number of carbonyl (C=O) groups excluding carboxylic acids is 1. The molecule has 0 saturated heterocycles. The summed E-state index contributed by atoms with van der Waals surface area (Å²) in [6, 6.07) is 4.96. The molecule has 0 fully saturated rings. The molecule has 1 aromatic carbocycles. The Morgan fingerprint density at radius 2 is 1.95 bits per heavy atom. The van der Waals surface area contributed by atoms with Gasteiger partial charge in [0.25, 0.3) is 0 Å². The molecule has 21 heavy (non-hydrogen) atoms. The average molecular weight is 294 g/mol. The Labute approximate surface area is 124 Å². The van der Waals surface area contributed by atoms with Crippen LogP contribution in [-0.2, 0) is 0 Å². The molecule has 1 aliphatic rings. The van der Waals surface area contributed by atoms with Gasteiger partial charge in [0.05, 0.1) is 6.10 Å². The molecule has 0 aliphatic carbocycles. The van der Waals surface area contributed by atoms with Gasteiger partial charge in [0.2, 0.25) is 0 Å². The van der Waals surface area contributed by atoms with Crippen molar-refractivity contribution in [1.82, 2.24) is 10.6 Å². The van der Waals surface area contributed by atoms with Crippen molar-refractivity contribution in [1.29, 1.82) is 0 Å². The second kappa shape index (κ2) is 6.22. The van der Waals surface area contributed by atoms with E-state index in [1.165, 1.54) is 0 Å². The molecule has 0 bridgehead atoms. The van der Waals surface area contributed by atoms with Gasteiger partial charge >= 0.3 is 6.03 Å². The maximum atomic E-state index is 11.6. The Bertz CT molecular complexity index is 511. The third kappa shape index (κ3) is 4.53. The summed E-state index contributed by atoms with van der Waals surface area (Å²) in [6.45, 7) is 6.83. The Balaban J connectivity index is 1.91. The minimum Gasteiger partial charge on any atom is -0.486 e. The van der Waals surface area contributed by atoms with E-state index in [9.17, 15) is 9.90 Å². The van der Waals surface area contributed by atoms with Crippen molar-refractivity contribution >= 4 is 6.03 Å². The Kier molecular flexibility index (Phi) is 4.57. The van der Waals surface area contributed by atoms with Crippen molar-refractivity contribution in [3.63, 3.8) is 0 Å². The molecule has 3 N–H and O–H groups in total. The highest BCUT2D eigenvalue weighted by Crippen LogP contribution is 2.32. The summed E-state index contributed by atoms with van der Waals surface area (Å²) in [4.78, 5) is 11.6. The van der Waals surface area contributed by atoms with E-state index in [1.54, 1.807) is 18.2 Å². The van der Waals surface area contributed by atoms with Gasteiger partial charge in [-0.1, -0.05) is 6.07 Å². The minimum absolute atomic E-state index is 0.127. The highest BCUT2D eigenvalue weighted by Gasteiger charge is 2.17. The zero-order valence-electron chi connectivity index (χ0n) is 12.6. The Morgan fingerprint density at radius 1 is 1.29 bits per heavy atom. The standard InChI is InChI=1S/C15H22N2O4/c1-15(2,3)17-14(19)16-9-11(18)10-4-5-12-13(8-10)21-7-6-20-12/h4-5,8,11,18H,6-7,9H2,1-3H3,(H2,16,17,19). The molecule has 2 rings (SSSR count). The number of nitrogens with one attached hydrogen (secondary N) is 2. The zero-order chi connectivity index (χ0) is 15.5. The number of rotatable bonds is 3. The molecule has 0 radical (unpaired) electrons. The van der Waals surface area contributed by atoms with Gasteiger partial charge in [-0.25, -0.2) is 4.79 Å². The van der Waals surface area contributed by atoms with Crippen LogP contribution >= 0.6 is 0 Å². The number of urea groups is 1. The lowest BCUT2D eigenvalue weighted by atomic mass is 10.1. The lowest BCUT2D eigenvalue weighted by Gasteiger charge is -2.22. The maximum Gasteiger partial charge on any atom is 0.315 e. The van der Waals surface area contributed by atoms with E-state index in [2.05, 4.69) is 10.6 Å². The van der Waals surface area contributed by atoms with Gasteiger partial charge in [-0.2, -0.15) is 0 Å². The summed E-state index contributed by atoms with van der Waals surface area (Å²) in [5.41, 5.74) is 0.363. The second-order valence-corrected chi connectivity index (χ2v) is 6.00.